The SMILES string of the molecule is CCS(=O)(=O)c1c[c]c(OS(=O)(=O)c2ccc(C)cc2)cc1. The molecule has 0 amide bonds. The normalized spacial score (nSPS) is 12.1. The molecule has 0 heterocycles. The highest BCUT2D eigenvalue weighted by atomic mass is 32.2. The van der Waals surface area contributed by atoms with E-state index in [4.69, 9.17) is 4.18 Å². The summed E-state index contributed by atoms with van der Waals surface area (Å²) in [5.74, 6) is -0.0986. The van der Waals surface area contributed by atoms with Gasteiger partial charge in [0.05, 0.1) is 10.6 Å². The van der Waals surface area contributed by atoms with Gasteiger partial charge < -0.3 is 4.18 Å². The minimum Gasteiger partial charge on any atom is -0.378 e. The van der Waals surface area contributed by atoms with E-state index in [0.717, 1.165) is 5.56 Å². The van der Waals surface area contributed by atoms with E-state index < -0.39 is 20.0 Å². The van der Waals surface area contributed by atoms with Crippen molar-refractivity contribution in [3.05, 3.63) is 54.1 Å². The monoisotopic (exact) mass is 339 g/mol. The Balaban J connectivity index is 2.25. The van der Waals surface area contributed by atoms with Crippen LogP contribution in [0.5, 0.6) is 5.75 Å². The van der Waals surface area contributed by atoms with Crippen molar-refractivity contribution in [1.29, 1.82) is 0 Å². The molecule has 0 bridgehead atoms. The van der Waals surface area contributed by atoms with Gasteiger partial charge >= 0.3 is 10.1 Å². The van der Waals surface area contributed by atoms with Crippen molar-refractivity contribution in [3.8, 4) is 5.75 Å². The zero-order valence-electron chi connectivity index (χ0n) is 12.1. The first kappa shape index (κ1) is 16.5. The van der Waals surface area contributed by atoms with Gasteiger partial charge in [-0.05, 0) is 37.3 Å². The minimum absolute atomic E-state index is 0.0248. The standard InChI is InChI=1S/C15H15O5S2/c1-3-21(16,17)14-10-6-13(7-11-14)20-22(18,19)15-8-4-12(2)5-9-15/h4-6,8-11H,3H2,1-2H3. The van der Waals surface area contributed by atoms with Crippen LogP contribution in [0.15, 0.2) is 52.3 Å². The van der Waals surface area contributed by atoms with Gasteiger partial charge in [-0.1, -0.05) is 24.6 Å². The van der Waals surface area contributed by atoms with Crippen LogP contribution in [0.2, 0.25) is 0 Å². The molecule has 7 heteroatoms. The second-order valence-electron chi connectivity index (χ2n) is 4.64. The summed E-state index contributed by atoms with van der Waals surface area (Å²) < 4.78 is 52.5. The third kappa shape index (κ3) is 3.66. The predicted octanol–water partition coefficient (Wildman–Crippen LogP) is 2.36. The van der Waals surface area contributed by atoms with Crippen LogP contribution in [0.25, 0.3) is 0 Å². The Kier molecular flexibility index (Phi) is 4.58. The number of rotatable bonds is 5. The zero-order valence-corrected chi connectivity index (χ0v) is 13.7. The van der Waals surface area contributed by atoms with Crippen molar-refractivity contribution in [1.82, 2.24) is 0 Å². The molecule has 5 nitrogen and oxygen atoms in total. The van der Waals surface area contributed by atoms with E-state index in [1.807, 2.05) is 6.92 Å². The quantitative estimate of drug-likeness (QED) is 0.782. The molecule has 0 saturated carbocycles. The highest BCUT2D eigenvalue weighted by Crippen LogP contribution is 2.21. The van der Waals surface area contributed by atoms with E-state index >= 15 is 0 Å². The average Bonchev–Trinajstić information content (AvgIpc) is 2.48. The van der Waals surface area contributed by atoms with E-state index in [2.05, 4.69) is 6.07 Å². The van der Waals surface area contributed by atoms with Crippen molar-refractivity contribution in [2.75, 3.05) is 5.75 Å². The van der Waals surface area contributed by atoms with Gasteiger partial charge in [0.25, 0.3) is 0 Å². The van der Waals surface area contributed by atoms with Crippen molar-refractivity contribution in [3.63, 3.8) is 0 Å². The molecule has 0 saturated heterocycles. The van der Waals surface area contributed by atoms with Crippen LogP contribution in [0.3, 0.4) is 0 Å². The van der Waals surface area contributed by atoms with E-state index in [1.165, 1.54) is 37.3 Å². The molecule has 0 fully saturated rings. The highest BCUT2D eigenvalue weighted by Gasteiger charge is 2.17. The summed E-state index contributed by atoms with van der Waals surface area (Å²) in [4.78, 5) is 0.104. The Hall–Kier alpha value is -1.86. The first-order valence-corrected chi connectivity index (χ1v) is 9.56. The van der Waals surface area contributed by atoms with Crippen LogP contribution >= 0.6 is 0 Å². The Morgan fingerprint density at radius 1 is 0.955 bits per heavy atom. The Morgan fingerprint density at radius 2 is 1.55 bits per heavy atom. The number of benzene rings is 2. The zero-order chi connectivity index (χ0) is 16.4. The van der Waals surface area contributed by atoms with Crippen LogP contribution in [-0.2, 0) is 20.0 Å². The second-order valence-corrected chi connectivity index (χ2v) is 8.47. The maximum atomic E-state index is 12.1. The summed E-state index contributed by atoms with van der Waals surface area (Å²) in [6.07, 6.45) is 0. The average molecular weight is 339 g/mol. The van der Waals surface area contributed by atoms with E-state index in [0.29, 0.717) is 0 Å². The largest absolute Gasteiger partial charge is 0.378 e. The maximum absolute atomic E-state index is 12.1. The molecule has 0 aliphatic carbocycles. The van der Waals surface area contributed by atoms with Crippen LogP contribution in [0.1, 0.15) is 12.5 Å². The van der Waals surface area contributed by atoms with Gasteiger partial charge in [-0.3, -0.25) is 0 Å². The summed E-state index contributed by atoms with van der Waals surface area (Å²) in [6.45, 7) is 3.37. The Morgan fingerprint density at radius 3 is 2.05 bits per heavy atom. The van der Waals surface area contributed by atoms with Crippen LogP contribution in [0.4, 0.5) is 0 Å². The molecule has 0 aliphatic rings. The molecule has 1 radical (unpaired) electrons. The topological polar surface area (TPSA) is 77.5 Å². The molecular formula is C15H15O5S2. The van der Waals surface area contributed by atoms with Gasteiger partial charge in [0, 0.05) is 6.07 Å². The van der Waals surface area contributed by atoms with Gasteiger partial charge in [0.2, 0.25) is 0 Å². The van der Waals surface area contributed by atoms with Crippen molar-refractivity contribution in [2.45, 2.75) is 23.6 Å². The van der Waals surface area contributed by atoms with E-state index in [1.54, 1.807) is 12.1 Å². The summed E-state index contributed by atoms with van der Waals surface area (Å²) in [7, 11) is -7.32. The number of aryl methyl sites for hydroxylation is 1. The van der Waals surface area contributed by atoms with E-state index in [-0.39, 0.29) is 21.3 Å². The fraction of sp³-hybridized carbons (Fsp3) is 0.200. The van der Waals surface area contributed by atoms with Gasteiger partial charge in [-0.2, -0.15) is 8.42 Å². The van der Waals surface area contributed by atoms with Gasteiger partial charge in [-0.15, -0.1) is 0 Å². The van der Waals surface area contributed by atoms with Crippen molar-refractivity contribution in [2.24, 2.45) is 0 Å². The van der Waals surface area contributed by atoms with Crippen LogP contribution in [0, 0.1) is 13.0 Å². The lowest BCUT2D eigenvalue weighted by atomic mass is 10.2. The lowest BCUT2D eigenvalue weighted by Crippen LogP contribution is -2.10. The first-order valence-electron chi connectivity index (χ1n) is 6.50. The summed E-state index contributed by atoms with van der Waals surface area (Å²) in [5.41, 5.74) is 0.930. The molecule has 0 atom stereocenters. The predicted molar refractivity (Wildman–Crippen MR) is 82.0 cm³/mol. The molecule has 0 N–H and O–H groups in total. The Bertz CT molecular complexity index is 849. The molecule has 0 unspecified atom stereocenters. The number of hydrogen-bond acceptors (Lipinski definition) is 5. The van der Waals surface area contributed by atoms with Gasteiger partial charge in [0.15, 0.2) is 15.6 Å². The lowest BCUT2D eigenvalue weighted by Gasteiger charge is -2.08. The molecule has 0 aliphatic heterocycles. The Labute approximate surface area is 130 Å². The van der Waals surface area contributed by atoms with E-state index in [9.17, 15) is 16.8 Å². The van der Waals surface area contributed by atoms with Gasteiger partial charge in [0.1, 0.15) is 4.90 Å². The summed E-state index contributed by atoms with van der Waals surface area (Å²) in [6, 6.07) is 12.5. The lowest BCUT2D eigenvalue weighted by molar-refractivity contribution is 0.485. The molecule has 2 aromatic carbocycles. The smallest absolute Gasteiger partial charge is 0.339 e. The molecule has 117 valence electrons. The molecule has 0 aromatic heterocycles. The van der Waals surface area contributed by atoms with Crippen LogP contribution < -0.4 is 4.18 Å². The fourth-order valence-corrected chi connectivity index (χ4v) is 3.43. The van der Waals surface area contributed by atoms with Crippen molar-refractivity contribution >= 4 is 20.0 Å². The van der Waals surface area contributed by atoms with Crippen LogP contribution in [-0.4, -0.2) is 22.6 Å². The number of hydrogen-bond donors (Lipinski definition) is 0. The summed E-state index contributed by atoms with van der Waals surface area (Å²) in [5, 5.41) is 0. The fourth-order valence-electron chi connectivity index (χ4n) is 1.68. The first-order chi connectivity index (χ1) is 10.2. The molecular weight excluding hydrogens is 324 g/mol. The minimum atomic E-state index is -3.96. The van der Waals surface area contributed by atoms with Gasteiger partial charge in [-0.25, -0.2) is 8.42 Å². The summed E-state index contributed by atoms with van der Waals surface area (Å²) >= 11 is 0. The third-order valence-electron chi connectivity index (χ3n) is 3.00. The molecule has 22 heavy (non-hydrogen) atoms. The highest BCUT2D eigenvalue weighted by molar-refractivity contribution is 7.91. The maximum Gasteiger partial charge on any atom is 0.339 e. The molecule has 2 aromatic rings. The third-order valence-corrected chi connectivity index (χ3v) is 5.98. The second kappa shape index (κ2) is 6.10. The molecule has 0 spiro atoms. The number of sulfone groups is 1. The molecule has 2 rings (SSSR count). The van der Waals surface area contributed by atoms with Crippen molar-refractivity contribution < 1.29 is 21.0 Å².